The number of nitrogens with zero attached hydrogens (tertiary/aromatic N) is 3. The van der Waals surface area contributed by atoms with Gasteiger partial charge in [0, 0.05) is 40.6 Å². The molecule has 3 aromatic rings. The molecule has 2 aromatic carbocycles. The van der Waals surface area contributed by atoms with Crippen LogP contribution in [0, 0.1) is 20.8 Å². The number of carbonyl (C=O) groups excluding carboxylic acids is 1. The highest BCUT2D eigenvalue weighted by molar-refractivity contribution is 6.32. The van der Waals surface area contributed by atoms with E-state index in [4.69, 9.17) is 23.2 Å². The van der Waals surface area contributed by atoms with Crippen molar-refractivity contribution in [2.45, 2.75) is 27.2 Å². The third-order valence-electron chi connectivity index (χ3n) is 5.13. The average Bonchev–Trinajstić information content (AvgIpc) is 2.97. The minimum absolute atomic E-state index is 0.304. The molecule has 0 saturated heterocycles. The fourth-order valence-corrected chi connectivity index (χ4v) is 3.61. The highest BCUT2D eigenvalue weighted by atomic mass is 35.5. The topological polar surface area (TPSA) is 71.3 Å². The van der Waals surface area contributed by atoms with Crippen LogP contribution in [0.25, 0.3) is 0 Å². The Morgan fingerprint density at radius 3 is 2.55 bits per heavy atom. The molecular formula is C23H25Cl2N5O. The molecule has 1 amide bonds. The molecule has 162 valence electrons. The number of hydrogen-bond acceptors (Lipinski definition) is 3. The number of rotatable bonds is 5. The van der Waals surface area contributed by atoms with Crippen LogP contribution in [-0.4, -0.2) is 28.2 Å². The van der Waals surface area contributed by atoms with Crippen LogP contribution in [0.4, 0.5) is 5.69 Å². The van der Waals surface area contributed by atoms with Crippen molar-refractivity contribution in [3.63, 3.8) is 0 Å². The average molecular weight is 458 g/mol. The Morgan fingerprint density at radius 1 is 1.13 bits per heavy atom. The van der Waals surface area contributed by atoms with Crippen LogP contribution in [0.1, 0.15) is 32.9 Å². The molecule has 0 aliphatic heterocycles. The van der Waals surface area contributed by atoms with Crippen LogP contribution >= 0.6 is 23.2 Å². The van der Waals surface area contributed by atoms with Crippen LogP contribution in [0.3, 0.4) is 0 Å². The molecule has 8 heteroatoms. The van der Waals surface area contributed by atoms with E-state index in [0.29, 0.717) is 34.5 Å². The zero-order chi connectivity index (χ0) is 22.5. The molecule has 31 heavy (non-hydrogen) atoms. The van der Waals surface area contributed by atoms with Gasteiger partial charge < -0.3 is 5.32 Å². The number of carbonyl (C=O) groups is 1. The second-order valence-corrected chi connectivity index (χ2v) is 8.10. The molecule has 0 unspecified atom stereocenters. The van der Waals surface area contributed by atoms with Crippen LogP contribution in [0.2, 0.25) is 10.0 Å². The number of anilines is 1. The number of nitrogens with one attached hydrogen (secondary N) is 2. The predicted octanol–water partition coefficient (Wildman–Crippen LogP) is 5.09. The minimum Gasteiger partial charge on any atom is -0.326 e. The van der Waals surface area contributed by atoms with E-state index < -0.39 is 0 Å². The molecule has 0 spiro atoms. The number of halogens is 2. The summed E-state index contributed by atoms with van der Waals surface area (Å²) in [7, 11) is 1.93. The maximum Gasteiger partial charge on any atom is 0.258 e. The van der Waals surface area contributed by atoms with E-state index in [-0.39, 0.29) is 5.91 Å². The Kier molecular flexibility index (Phi) is 7.36. The van der Waals surface area contributed by atoms with E-state index >= 15 is 0 Å². The lowest BCUT2D eigenvalue weighted by molar-refractivity contribution is 0.0977. The Bertz CT molecular complexity index is 1140. The summed E-state index contributed by atoms with van der Waals surface area (Å²) in [5.41, 5.74) is 5.34. The molecule has 0 atom stereocenters. The summed E-state index contributed by atoms with van der Waals surface area (Å²) >= 11 is 12.3. The van der Waals surface area contributed by atoms with Crippen LogP contribution in [0.5, 0.6) is 0 Å². The highest BCUT2D eigenvalue weighted by Crippen LogP contribution is 2.23. The van der Waals surface area contributed by atoms with E-state index in [1.807, 2.05) is 50.7 Å². The first kappa shape index (κ1) is 22.8. The van der Waals surface area contributed by atoms with E-state index in [2.05, 4.69) is 20.7 Å². The summed E-state index contributed by atoms with van der Waals surface area (Å²) in [5, 5.41) is 11.6. The Balaban J connectivity index is 1.83. The first-order valence-corrected chi connectivity index (χ1v) is 10.6. The van der Waals surface area contributed by atoms with Crippen LogP contribution in [0.15, 0.2) is 47.5 Å². The molecule has 0 aliphatic carbocycles. The smallest absolute Gasteiger partial charge is 0.258 e. The molecule has 0 bridgehead atoms. The number of benzene rings is 2. The Morgan fingerprint density at radius 2 is 1.87 bits per heavy atom. The summed E-state index contributed by atoms with van der Waals surface area (Å²) in [6.45, 7) is 6.41. The quantitative estimate of drug-likeness (QED) is 0.413. The standard InChI is InChI=1S/C23H25Cl2N5O/c1-14-20(25)9-6-10-21(14)27-23(28-22(31)17-7-5-8-18(24)13-17)26-12-11-19-15(2)29-30(4)16(19)3/h5-10,13H,11-12H2,1-4H3,(H2,26,27,28,31). The van der Waals surface area contributed by atoms with Gasteiger partial charge in [-0.3, -0.25) is 19.8 Å². The third kappa shape index (κ3) is 5.66. The summed E-state index contributed by atoms with van der Waals surface area (Å²) in [6.07, 6.45) is 0.707. The SMILES string of the molecule is Cc1nn(C)c(C)c1CCN=C(NC(=O)c1cccc(Cl)c1)Nc1cccc(Cl)c1C. The molecule has 2 N–H and O–H groups in total. The molecule has 0 aliphatic rings. The Hall–Kier alpha value is -2.83. The first-order valence-electron chi connectivity index (χ1n) is 9.89. The van der Waals surface area contributed by atoms with Gasteiger partial charge in [0.05, 0.1) is 5.69 Å². The summed E-state index contributed by atoms with van der Waals surface area (Å²) in [5.74, 6) is 0.0386. The number of guanidine groups is 1. The maximum absolute atomic E-state index is 12.8. The van der Waals surface area contributed by atoms with Crippen molar-refractivity contribution < 1.29 is 4.79 Å². The fourth-order valence-electron chi connectivity index (χ4n) is 3.25. The summed E-state index contributed by atoms with van der Waals surface area (Å²) in [6, 6.07) is 12.3. The fraction of sp³-hybridized carbons (Fsp3) is 0.261. The molecule has 0 radical (unpaired) electrons. The van der Waals surface area contributed by atoms with Gasteiger partial charge in [0.15, 0.2) is 0 Å². The number of aliphatic imine (C=N–C) groups is 1. The van der Waals surface area contributed by atoms with Gasteiger partial charge in [-0.15, -0.1) is 0 Å². The molecule has 1 aromatic heterocycles. The van der Waals surface area contributed by atoms with E-state index in [0.717, 1.165) is 28.2 Å². The van der Waals surface area contributed by atoms with E-state index in [1.165, 1.54) is 0 Å². The van der Waals surface area contributed by atoms with Gasteiger partial charge in [-0.2, -0.15) is 5.10 Å². The highest BCUT2D eigenvalue weighted by Gasteiger charge is 2.13. The van der Waals surface area contributed by atoms with Crippen LogP contribution < -0.4 is 10.6 Å². The Labute approximate surface area is 192 Å². The van der Waals surface area contributed by atoms with Crippen molar-refractivity contribution in [2.75, 3.05) is 11.9 Å². The largest absolute Gasteiger partial charge is 0.326 e. The zero-order valence-corrected chi connectivity index (χ0v) is 19.5. The van der Waals surface area contributed by atoms with Crippen molar-refractivity contribution in [2.24, 2.45) is 12.0 Å². The molecule has 3 rings (SSSR count). The molecule has 0 saturated carbocycles. The second kappa shape index (κ2) is 9.98. The van der Waals surface area contributed by atoms with E-state index in [9.17, 15) is 4.79 Å². The number of hydrogen-bond donors (Lipinski definition) is 2. The van der Waals surface area contributed by atoms with Gasteiger partial charge in [0.2, 0.25) is 5.96 Å². The lowest BCUT2D eigenvalue weighted by Gasteiger charge is -2.14. The minimum atomic E-state index is -0.304. The summed E-state index contributed by atoms with van der Waals surface area (Å²) < 4.78 is 1.86. The van der Waals surface area contributed by atoms with Crippen molar-refractivity contribution >= 4 is 40.8 Å². The summed E-state index contributed by atoms with van der Waals surface area (Å²) in [4.78, 5) is 17.4. The number of amides is 1. The van der Waals surface area contributed by atoms with Crippen molar-refractivity contribution in [1.29, 1.82) is 0 Å². The van der Waals surface area contributed by atoms with Crippen LogP contribution in [-0.2, 0) is 13.5 Å². The zero-order valence-electron chi connectivity index (χ0n) is 18.0. The van der Waals surface area contributed by atoms with Gasteiger partial charge in [-0.25, -0.2) is 0 Å². The second-order valence-electron chi connectivity index (χ2n) is 7.26. The molecule has 0 fully saturated rings. The lowest BCUT2D eigenvalue weighted by Crippen LogP contribution is -2.36. The van der Waals surface area contributed by atoms with Gasteiger partial charge in [-0.05, 0) is 68.7 Å². The number of aromatic nitrogens is 2. The monoisotopic (exact) mass is 457 g/mol. The predicted molar refractivity (Wildman–Crippen MR) is 127 cm³/mol. The maximum atomic E-state index is 12.8. The molecule has 1 heterocycles. The van der Waals surface area contributed by atoms with Crippen molar-refractivity contribution in [3.05, 3.63) is 80.6 Å². The normalized spacial score (nSPS) is 11.5. The third-order valence-corrected chi connectivity index (χ3v) is 5.77. The van der Waals surface area contributed by atoms with E-state index in [1.54, 1.807) is 24.3 Å². The van der Waals surface area contributed by atoms with Gasteiger partial charge in [0.1, 0.15) is 0 Å². The van der Waals surface area contributed by atoms with Crippen molar-refractivity contribution in [3.8, 4) is 0 Å². The lowest BCUT2D eigenvalue weighted by atomic mass is 10.1. The molecule has 6 nitrogen and oxygen atoms in total. The van der Waals surface area contributed by atoms with Gasteiger partial charge >= 0.3 is 0 Å². The first-order chi connectivity index (χ1) is 14.8. The molecular weight excluding hydrogens is 433 g/mol. The van der Waals surface area contributed by atoms with Crippen molar-refractivity contribution in [1.82, 2.24) is 15.1 Å². The van der Waals surface area contributed by atoms with Gasteiger partial charge in [0.25, 0.3) is 5.91 Å². The number of aryl methyl sites for hydroxylation is 2. The van der Waals surface area contributed by atoms with Gasteiger partial charge in [-0.1, -0.05) is 35.3 Å².